The van der Waals surface area contributed by atoms with Gasteiger partial charge in [-0.25, -0.2) is 0 Å². The number of nitrogens with two attached hydrogens (primary N) is 1. The molecule has 0 saturated heterocycles. The summed E-state index contributed by atoms with van der Waals surface area (Å²) in [6.07, 6.45) is 4.36. The first-order valence-corrected chi connectivity index (χ1v) is 5.27. The average molecular weight is 189 g/mol. The van der Waals surface area contributed by atoms with Crippen LogP contribution in [0.2, 0.25) is 0 Å². The summed E-state index contributed by atoms with van der Waals surface area (Å²) in [5.41, 5.74) is 5.35. The predicted molar refractivity (Wildman–Crippen MR) is 54.8 cm³/mol. The van der Waals surface area contributed by atoms with E-state index in [4.69, 9.17) is 15.2 Å². The van der Waals surface area contributed by atoms with Crippen LogP contribution in [0, 0.1) is 0 Å². The first-order valence-electron chi connectivity index (χ1n) is 5.27. The van der Waals surface area contributed by atoms with Gasteiger partial charge in [-0.15, -0.1) is 0 Å². The summed E-state index contributed by atoms with van der Waals surface area (Å²) in [6, 6.07) is 0. The molecule has 0 unspecified atom stereocenters. The van der Waals surface area contributed by atoms with Gasteiger partial charge in [0.05, 0.1) is 0 Å². The molecule has 2 N–H and O–H groups in total. The second-order valence-corrected chi connectivity index (χ2v) is 3.01. The third kappa shape index (κ3) is 11.9. The zero-order valence-electron chi connectivity index (χ0n) is 8.76. The molecule has 0 aromatic heterocycles. The summed E-state index contributed by atoms with van der Waals surface area (Å²) in [5, 5.41) is 0. The van der Waals surface area contributed by atoms with Gasteiger partial charge in [0.2, 0.25) is 0 Å². The van der Waals surface area contributed by atoms with E-state index in [9.17, 15) is 0 Å². The Morgan fingerprint density at radius 3 is 1.92 bits per heavy atom. The van der Waals surface area contributed by atoms with Gasteiger partial charge in [0.1, 0.15) is 0 Å². The van der Waals surface area contributed by atoms with E-state index < -0.39 is 0 Å². The lowest BCUT2D eigenvalue weighted by atomic mass is 10.3. The monoisotopic (exact) mass is 189 g/mol. The largest absolute Gasteiger partial charge is 0.382 e. The maximum absolute atomic E-state index is 5.40. The number of hydrogen-bond acceptors (Lipinski definition) is 3. The Bertz CT molecular complexity index is 79.0. The van der Waals surface area contributed by atoms with Crippen molar-refractivity contribution >= 4 is 0 Å². The molecule has 3 nitrogen and oxygen atoms in total. The van der Waals surface area contributed by atoms with E-state index in [1.807, 2.05) is 6.92 Å². The van der Waals surface area contributed by atoms with Crippen LogP contribution in [0.3, 0.4) is 0 Å². The molecule has 0 amide bonds. The molecule has 13 heavy (non-hydrogen) atoms. The molecular weight excluding hydrogens is 166 g/mol. The molecule has 0 fully saturated rings. The van der Waals surface area contributed by atoms with Gasteiger partial charge in [-0.05, 0) is 39.2 Å². The van der Waals surface area contributed by atoms with Gasteiger partial charge in [0.25, 0.3) is 0 Å². The second kappa shape index (κ2) is 11.9. The minimum atomic E-state index is 0.772. The molecular formula is C10H23NO2. The molecule has 3 heteroatoms. The third-order valence-corrected chi connectivity index (χ3v) is 1.77. The van der Waals surface area contributed by atoms with Crippen molar-refractivity contribution in [2.45, 2.75) is 32.6 Å². The summed E-state index contributed by atoms with van der Waals surface area (Å²) in [4.78, 5) is 0. The summed E-state index contributed by atoms with van der Waals surface area (Å²) < 4.78 is 10.6. The van der Waals surface area contributed by atoms with Crippen molar-refractivity contribution in [2.75, 3.05) is 33.0 Å². The smallest absolute Gasteiger partial charge is 0.0466 e. The van der Waals surface area contributed by atoms with Gasteiger partial charge in [-0.2, -0.15) is 0 Å². The third-order valence-electron chi connectivity index (χ3n) is 1.77. The number of hydrogen-bond donors (Lipinski definition) is 1. The van der Waals surface area contributed by atoms with Crippen LogP contribution in [0.1, 0.15) is 32.6 Å². The van der Waals surface area contributed by atoms with Gasteiger partial charge in [-0.1, -0.05) is 0 Å². The molecule has 0 aliphatic carbocycles. The Labute approximate surface area is 81.6 Å². The van der Waals surface area contributed by atoms with Gasteiger partial charge in [0.15, 0.2) is 0 Å². The van der Waals surface area contributed by atoms with Crippen LogP contribution < -0.4 is 5.73 Å². The van der Waals surface area contributed by atoms with Crippen molar-refractivity contribution in [3.05, 3.63) is 0 Å². The highest BCUT2D eigenvalue weighted by atomic mass is 16.5. The highest BCUT2D eigenvalue weighted by molar-refractivity contribution is 4.41. The molecule has 80 valence electrons. The number of rotatable bonds is 10. The molecule has 0 atom stereocenters. The average Bonchev–Trinajstić information content (AvgIpc) is 2.16. The molecule has 0 aliphatic heterocycles. The minimum absolute atomic E-state index is 0.772. The van der Waals surface area contributed by atoms with Gasteiger partial charge >= 0.3 is 0 Å². The Kier molecular flexibility index (Phi) is 11.8. The second-order valence-electron chi connectivity index (χ2n) is 3.01. The highest BCUT2D eigenvalue weighted by Gasteiger charge is 1.90. The normalized spacial score (nSPS) is 10.6. The van der Waals surface area contributed by atoms with Crippen LogP contribution in [0.5, 0.6) is 0 Å². The van der Waals surface area contributed by atoms with Crippen molar-refractivity contribution in [1.29, 1.82) is 0 Å². The maximum atomic E-state index is 5.40. The van der Waals surface area contributed by atoms with Crippen LogP contribution in [0.15, 0.2) is 0 Å². The van der Waals surface area contributed by atoms with Crippen LogP contribution in [0.4, 0.5) is 0 Å². The molecule has 0 bridgehead atoms. The minimum Gasteiger partial charge on any atom is -0.382 e. The van der Waals surface area contributed by atoms with Crippen LogP contribution in [-0.4, -0.2) is 33.0 Å². The zero-order chi connectivity index (χ0) is 9.78. The molecule has 0 aliphatic rings. The Morgan fingerprint density at radius 2 is 1.38 bits per heavy atom. The molecule has 0 aromatic rings. The predicted octanol–water partition coefficient (Wildman–Crippen LogP) is 1.56. The van der Waals surface area contributed by atoms with E-state index in [1.54, 1.807) is 0 Å². The molecule has 0 saturated carbocycles. The van der Waals surface area contributed by atoms with Gasteiger partial charge in [0, 0.05) is 26.4 Å². The van der Waals surface area contributed by atoms with Crippen molar-refractivity contribution < 1.29 is 9.47 Å². The quantitative estimate of drug-likeness (QED) is 0.530. The fourth-order valence-corrected chi connectivity index (χ4v) is 1.00. The molecule has 0 heterocycles. The lowest BCUT2D eigenvalue weighted by Gasteiger charge is -2.03. The molecule has 0 aromatic carbocycles. The lowest BCUT2D eigenvalue weighted by molar-refractivity contribution is 0.106. The van der Waals surface area contributed by atoms with Crippen LogP contribution >= 0.6 is 0 Å². The van der Waals surface area contributed by atoms with E-state index in [-0.39, 0.29) is 0 Å². The van der Waals surface area contributed by atoms with E-state index in [0.717, 1.165) is 58.7 Å². The van der Waals surface area contributed by atoms with Crippen LogP contribution in [0.25, 0.3) is 0 Å². The summed E-state index contributed by atoms with van der Waals surface area (Å²) >= 11 is 0. The van der Waals surface area contributed by atoms with E-state index >= 15 is 0 Å². The molecule has 0 spiro atoms. The first-order chi connectivity index (χ1) is 6.41. The van der Waals surface area contributed by atoms with E-state index in [0.29, 0.717) is 0 Å². The summed E-state index contributed by atoms with van der Waals surface area (Å²) in [6.45, 7) is 6.18. The van der Waals surface area contributed by atoms with Crippen molar-refractivity contribution in [2.24, 2.45) is 5.73 Å². The molecule has 0 radical (unpaired) electrons. The number of unbranched alkanes of at least 4 members (excludes halogenated alkanes) is 2. The summed E-state index contributed by atoms with van der Waals surface area (Å²) in [7, 11) is 0. The Balaban J connectivity index is 2.76. The standard InChI is InChI=1S/C10H23NO2/c1-2-12-8-5-6-10-13-9-4-3-7-11/h2-11H2,1H3. The highest BCUT2D eigenvalue weighted by Crippen LogP contribution is 1.93. The Hall–Kier alpha value is -0.120. The van der Waals surface area contributed by atoms with E-state index in [1.165, 1.54) is 0 Å². The van der Waals surface area contributed by atoms with Crippen molar-refractivity contribution in [3.8, 4) is 0 Å². The topological polar surface area (TPSA) is 44.5 Å². The van der Waals surface area contributed by atoms with Crippen LogP contribution in [-0.2, 0) is 9.47 Å². The zero-order valence-corrected chi connectivity index (χ0v) is 8.76. The molecule has 0 rings (SSSR count). The Morgan fingerprint density at radius 1 is 0.846 bits per heavy atom. The van der Waals surface area contributed by atoms with Gasteiger partial charge in [-0.3, -0.25) is 0 Å². The SMILES string of the molecule is CCOCCCCOCCCCN. The lowest BCUT2D eigenvalue weighted by Crippen LogP contribution is -2.03. The first kappa shape index (κ1) is 12.9. The summed E-state index contributed by atoms with van der Waals surface area (Å²) in [5.74, 6) is 0. The fourth-order valence-electron chi connectivity index (χ4n) is 1.00. The van der Waals surface area contributed by atoms with Crippen molar-refractivity contribution in [1.82, 2.24) is 0 Å². The fraction of sp³-hybridized carbons (Fsp3) is 1.00. The number of ether oxygens (including phenoxy) is 2. The van der Waals surface area contributed by atoms with Crippen molar-refractivity contribution in [3.63, 3.8) is 0 Å². The maximum Gasteiger partial charge on any atom is 0.0466 e. The van der Waals surface area contributed by atoms with Gasteiger partial charge < -0.3 is 15.2 Å². The van der Waals surface area contributed by atoms with E-state index in [2.05, 4.69) is 0 Å².